The highest BCUT2D eigenvalue weighted by Gasteiger charge is 2.46. The Kier molecular flexibility index (Phi) is 3.72. The van der Waals surface area contributed by atoms with Crippen LogP contribution in [0.3, 0.4) is 0 Å². The summed E-state index contributed by atoms with van der Waals surface area (Å²) in [6, 6.07) is 0. The van der Waals surface area contributed by atoms with Gasteiger partial charge in [0.25, 0.3) is 0 Å². The summed E-state index contributed by atoms with van der Waals surface area (Å²) < 4.78 is 0. The number of nitro groups is 1. The minimum atomic E-state index is -0.135. The molecule has 0 saturated carbocycles. The molecule has 0 aromatic carbocycles. The van der Waals surface area contributed by atoms with Crippen LogP contribution in [0.1, 0.15) is 32.1 Å². The minimum Gasteiger partial charge on any atom is -0.292 e. The summed E-state index contributed by atoms with van der Waals surface area (Å²) in [5, 5.41) is 10.6. The Hall–Kier alpha value is -0.350. The van der Waals surface area contributed by atoms with Gasteiger partial charge < -0.3 is 0 Å². The first-order valence-electron chi connectivity index (χ1n) is 5.10. The average Bonchev–Trinajstić information content (AvgIpc) is 2.45. The predicted octanol–water partition coefficient (Wildman–Crippen LogP) is 1.70. The lowest BCUT2D eigenvalue weighted by Gasteiger charge is -2.39. The van der Waals surface area contributed by atoms with Crippen molar-refractivity contribution in [1.29, 1.82) is 0 Å². The van der Waals surface area contributed by atoms with Crippen molar-refractivity contribution in [1.82, 2.24) is 4.90 Å². The van der Waals surface area contributed by atoms with Crippen molar-refractivity contribution >= 4 is 12.4 Å². The molecule has 0 amide bonds. The van der Waals surface area contributed by atoms with E-state index in [1.54, 1.807) is 0 Å². The molecule has 0 aromatic rings. The van der Waals surface area contributed by atoms with E-state index in [9.17, 15) is 10.1 Å². The van der Waals surface area contributed by atoms with Gasteiger partial charge in [-0.1, -0.05) is 6.42 Å². The molecule has 2 aliphatic rings. The summed E-state index contributed by atoms with van der Waals surface area (Å²) in [5.74, 6) is 0. The van der Waals surface area contributed by atoms with Crippen molar-refractivity contribution in [3.63, 3.8) is 0 Å². The maximum absolute atomic E-state index is 10.6. The third-order valence-corrected chi connectivity index (χ3v) is 3.48. The van der Waals surface area contributed by atoms with Crippen molar-refractivity contribution in [3.05, 3.63) is 10.1 Å². The van der Waals surface area contributed by atoms with E-state index in [0.29, 0.717) is 0 Å². The van der Waals surface area contributed by atoms with E-state index in [2.05, 4.69) is 4.90 Å². The Labute approximate surface area is 90.2 Å². The summed E-state index contributed by atoms with van der Waals surface area (Å²) >= 11 is 0. The van der Waals surface area contributed by atoms with Gasteiger partial charge in [0.2, 0.25) is 6.54 Å². The van der Waals surface area contributed by atoms with Gasteiger partial charge in [-0.25, -0.2) is 0 Å². The summed E-state index contributed by atoms with van der Waals surface area (Å²) in [7, 11) is 0. The molecular weight excluding hydrogens is 204 g/mol. The zero-order chi connectivity index (χ0) is 9.31. The molecule has 2 aliphatic heterocycles. The Morgan fingerprint density at radius 3 is 2.57 bits per heavy atom. The van der Waals surface area contributed by atoms with Crippen molar-refractivity contribution in [2.24, 2.45) is 0 Å². The fraction of sp³-hybridized carbons (Fsp3) is 1.00. The topological polar surface area (TPSA) is 46.4 Å². The SMILES string of the molecule is Cl.O=[N+]([O-])CC12CCCCN1CCC2. The number of rotatable bonds is 2. The molecule has 2 fully saturated rings. The summed E-state index contributed by atoms with van der Waals surface area (Å²) in [4.78, 5) is 12.8. The number of fused-ring (bicyclic) bond motifs is 1. The summed E-state index contributed by atoms with van der Waals surface area (Å²) in [5.41, 5.74) is -0.0538. The fourth-order valence-electron chi connectivity index (χ4n) is 2.88. The van der Waals surface area contributed by atoms with Crippen LogP contribution in [0.25, 0.3) is 0 Å². The van der Waals surface area contributed by atoms with Crippen molar-refractivity contribution in [2.45, 2.75) is 37.6 Å². The molecule has 4 nitrogen and oxygen atoms in total. The molecular formula is C9H17ClN2O2. The predicted molar refractivity (Wildman–Crippen MR) is 56.5 cm³/mol. The van der Waals surface area contributed by atoms with Gasteiger partial charge in [0, 0.05) is 4.92 Å². The van der Waals surface area contributed by atoms with Crippen molar-refractivity contribution in [2.75, 3.05) is 19.6 Å². The second-order valence-corrected chi connectivity index (χ2v) is 4.26. The smallest absolute Gasteiger partial charge is 0.222 e. The highest BCUT2D eigenvalue weighted by molar-refractivity contribution is 5.85. The molecule has 0 spiro atoms. The molecule has 2 saturated heterocycles. The van der Waals surface area contributed by atoms with Gasteiger partial charge in [0.05, 0.1) is 5.54 Å². The van der Waals surface area contributed by atoms with Crippen LogP contribution in [0.4, 0.5) is 0 Å². The lowest BCUT2D eigenvalue weighted by molar-refractivity contribution is -0.495. The second-order valence-electron chi connectivity index (χ2n) is 4.26. The first-order valence-corrected chi connectivity index (χ1v) is 5.10. The number of hydrogen-bond acceptors (Lipinski definition) is 3. The lowest BCUT2D eigenvalue weighted by Crippen LogP contribution is -2.51. The normalized spacial score (nSPS) is 32.0. The number of nitrogens with zero attached hydrogens (tertiary/aromatic N) is 2. The second kappa shape index (κ2) is 4.45. The van der Waals surface area contributed by atoms with Gasteiger partial charge in [-0.3, -0.25) is 15.0 Å². The molecule has 1 atom stereocenters. The maximum Gasteiger partial charge on any atom is 0.222 e. The van der Waals surface area contributed by atoms with Crippen LogP contribution in [0, 0.1) is 10.1 Å². The monoisotopic (exact) mass is 220 g/mol. The molecule has 14 heavy (non-hydrogen) atoms. The van der Waals surface area contributed by atoms with E-state index in [1.165, 1.54) is 12.8 Å². The molecule has 0 aromatic heterocycles. The van der Waals surface area contributed by atoms with E-state index >= 15 is 0 Å². The Bertz CT molecular complexity index is 225. The molecule has 82 valence electrons. The molecule has 0 radical (unpaired) electrons. The molecule has 0 N–H and O–H groups in total. The maximum atomic E-state index is 10.6. The molecule has 2 rings (SSSR count). The standard InChI is InChI=1S/C9H16N2O2.ClH/c12-11(13)8-9-4-1-2-6-10(9)7-3-5-9;/h1-8H2;1H. The average molecular weight is 221 g/mol. The summed E-state index contributed by atoms with van der Waals surface area (Å²) in [6.45, 7) is 2.31. The molecule has 1 unspecified atom stereocenters. The van der Waals surface area contributed by atoms with E-state index < -0.39 is 0 Å². The van der Waals surface area contributed by atoms with Crippen LogP contribution in [0.2, 0.25) is 0 Å². The van der Waals surface area contributed by atoms with Crippen LogP contribution >= 0.6 is 12.4 Å². The van der Waals surface area contributed by atoms with E-state index in [0.717, 1.165) is 32.4 Å². The number of piperidine rings is 1. The minimum absolute atomic E-state index is 0. The first-order chi connectivity index (χ1) is 6.23. The zero-order valence-corrected chi connectivity index (χ0v) is 9.09. The van der Waals surface area contributed by atoms with Gasteiger partial charge in [-0.05, 0) is 38.8 Å². The number of hydrogen-bond donors (Lipinski definition) is 0. The van der Waals surface area contributed by atoms with Gasteiger partial charge in [-0.15, -0.1) is 12.4 Å². The highest BCUT2D eigenvalue weighted by atomic mass is 35.5. The molecule has 2 heterocycles. The Morgan fingerprint density at radius 2 is 1.86 bits per heavy atom. The molecule has 0 aliphatic carbocycles. The Morgan fingerprint density at radius 1 is 1.21 bits per heavy atom. The highest BCUT2D eigenvalue weighted by Crippen LogP contribution is 2.37. The van der Waals surface area contributed by atoms with Crippen LogP contribution in [-0.4, -0.2) is 35.0 Å². The van der Waals surface area contributed by atoms with Crippen LogP contribution in [0.15, 0.2) is 0 Å². The fourth-order valence-corrected chi connectivity index (χ4v) is 2.88. The van der Waals surface area contributed by atoms with E-state index in [4.69, 9.17) is 0 Å². The quantitative estimate of drug-likeness (QED) is 0.526. The van der Waals surface area contributed by atoms with E-state index in [1.807, 2.05) is 0 Å². The molecule has 5 heteroatoms. The van der Waals surface area contributed by atoms with Gasteiger partial charge in [-0.2, -0.15) is 0 Å². The van der Waals surface area contributed by atoms with Crippen LogP contribution in [0.5, 0.6) is 0 Å². The van der Waals surface area contributed by atoms with Gasteiger partial charge in [0.15, 0.2) is 0 Å². The first kappa shape index (κ1) is 11.7. The molecule has 0 bridgehead atoms. The third-order valence-electron chi connectivity index (χ3n) is 3.48. The lowest BCUT2D eigenvalue weighted by atomic mass is 9.86. The summed E-state index contributed by atoms with van der Waals surface area (Å²) in [6.07, 6.45) is 5.61. The van der Waals surface area contributed by atoms with Gasteiger partial charge in [0.1, 0.15) is 0 Å². The van der Waals surface area contributed by atoms with Crippen LogP contribution < -0.4 is 0 Å². The van der Waals surface area contributed by atoms with E-state index in [-0.39, 0.29) is 29.4 Å². The van der Waals surface area contributed by atoms with Crippen molar-refractivity contribution in [3.8, 4) is 0 Å². The zero-order valence-electron chi connectivity index (χ0n) is 8.28. The number of halogens is 1. The Balaban J connectivity index is 0.000000980. The third kappa shape index (κ3) is 2.01. The van der Waals surface area contributed by atoms with Gasteiger partial charge >= 0.3 is 0 Å². The van der Waals surface area contributed by atoms with Crippen molar-refractivity contribution < 1.29 is 4.92 Å². The largest absolute Gasteiger partial charge is 0.292 e. The van der Waals surface area contributed by atoms with Crippen LogP contribution in [-0.2, 0) is 0 Å².